The van der Waals surface area contributed by atoms with Crippen LogP contribution < -0.4 is 5.32 Å². The Hall–Kier alpha value is -0.570. The van der Waals surface area contributed by atoms with Gasteiger partial charge in [-0.3, -0.25) is 4.79 Å². The largest absolute Gasteiger partial charge is 0.481 e. The normalized spacial score (nSPS) is 30.6. The number of carboxylic acid groups (broad SMARTS) is 1. The second kappa shape index (κ2) is 3.72. The molecule has 0 spiro atoms. The minimum absolute atomic E-state index is 0.0981. The monoisotopic (exact) mass is 157 g/mol. The summed E-state index contributed by atoms with van der Waals surface area (Å²) < 4.78 is 0. The fourth-order valence-electron chi connectivity index (χ4n) is 1.68. The summed E-state index contributed by atoms with van der Waals surface area (Å²) >= 11 is 0. The summed E-state index contributed by atoms with van der Waals surface area (Å²) in [7, 11) is 0. The molecule has 0 bridgehead atoms. The van der Waals surface area contributed by atoms with Gasteiger partial charge in [0.15, 0.2) is 0 Å². The van der Waals surface area contributed by atoms with Crippen LogP contribution in [0.2, 0.25) is 0 Å². The van der Waals surface area contributed by atoms with Crippen LogP contribution in [0, 0.1) is 5.92 Å². The van der Waals surface area contributed by atoms with Crippen LogP contribution in [-0.4, -0.2) is 23.7 Å². The molecule has 3 heteroatoms. The number of rotatable bonds is 3. The molecule has 1 saturated carbocycles. The minimum Gasteiger partial charge on any atom is -0.481 e. The van der Waals surface area contributed by atoms with Gasteiger partial charge in [0, 0.05) is 6.04 Å². The zero-order chi connectivity index (χ0) is 8.27. The van der Waals surface area contributed by atoms with Crippen molar-refractivity contribution < 1.29 is 9.90 Å². The lowest BCUT2D eigenvalue weighted by molar-refractivity contribution is -0.141. The smallest absolute Gasteiger partial charge is 0.306 e. The van der Waals surface area contributed by atoms with Crippen LogP contribution in [-0.2, 0) is 4.79 Å². The molecule has 0 radical (unpaired) electrons. The highest BCUT2D eigenvalue weighted by Crippen LogP contribution is 2.25. The van der Waals surface area contributed by atoms with E-state index in [0.717, 1.165) is 25.8 Å². The molecule has 1 rings (SSSR count). The van der Waals surface area contributed by atoms with E-state index in [1.54, 1.807) is 0 Å². The molecule has 0 aromatic heterocycles. The molecule has 2 atom stereocenters. The fourth-order valence-corrected chi connectivity index (χ4v) is 1.68. The first kappa shape index (κ1) is 8.53. The molecular formula is C8H15NO2. The van der Waals surface area contributed by atoms with Crippen molar-refractivity contribution in [3.05, 3.63) is 0 Å². The highest BCUT2D eigenvalue weighted by molar-refractivity contribution is 5.70. The molecule has 11 heavy (non-hydrogen) atoms. The third-order valence-corrected chi connectivity index (χ3v) is 2.27. The second-order valence-corrected chi connectivity index (χ2v) is 3.10. The third kappa shape index (κ3) is 2.19. The van der Waals surface area contributed by atoms with Gasteiger partial charge in [0.25, 0.3) is 0 Å². The van der Waals surface area contributed by atoms with E-state index in [0.29, 0.717) is 6.04 Å². The van der Waals surface area contributed by atoms with Crippen molar-refractivity contribution in [2.75, 3.05) is 6.54 Å². The maximum absolute atomic E-state index is 10.5. The van der Waals surface area contributed by atoms with Crippen molar-refractivity contribution in [2.45, 2.75) is 32.2 Å². The fraction of sp³-hybridized carbons (Fsp3) is 0.875. The van der Waals surface area contributed by atoms with Crippen LogP contribution in [0.5, 0.6) is 0 Å². The molecule has 0 saturated heterocycles. The van der Waals surface area contributed by atoms with Crippen molar-refractivity contribution in [1.29, 1.82) is 0 Å². The van der Waals surface area contributed by atoms with Crippen LogP contribution in [0.4, 0.5) is 0 Å². The Bertz CT molecular complexity index is 147. The molecule has 1 fully saturated rings. The quantitative estimate of drug-likeness (QED) is 0.638. The zero-order valence-electron chi connectivity index (χ0n) is 6.84. The second-order valence-electron chi connectivity index (χ2n) is 3.10. The number of carbonyl (C=O) groups is 1. The summed E-state index contributed by atoms with van der Waals surface area (Å²) in [5, 5.41) is 11.9. The van der Waals surface area contributed by atoms with Crippen LogP contribution >= 0.6 is 0 Å². The summed E-state index contributed by atoms with van der Waals surface area (Å²) in [4.78, 5) is 10.5. The van der Waals surface area contributed by atoms with E-state index in [4.69, 9.17) is 5.11 Å². The summed E-state index contributed by atoms with van der Waals surface area (Å²) in [6, 6.07) is 0.445. The van der Waals surface area contributed by atoms with Crippen molar-refractivity contribution in [2.24, 2.45) is 5.92 Å². The SMILES string of the molecule is CCN[C@H]1CC[C@@H](C(=O)O)C1. The predicted molar refractivity (Wildman–Crippen MR) is 42.4 cm³/mol. The van der Waals surface area contributed by atoms with Crippen LogP contribution in [0.15, 0.2) is 0 Å². The Kier molecular flexibility index (Phi) is 2.88. The molecule has 64 valence electrons. The summed E-state index contributed by atoms with van der Waals surface area (Å²) in [5.41, 5.74) is 0. The lowest BCUT2D eigenvalue weighted by Crippen LogP contribution is -2.26. The van der Waals surface area contributed by atoms with E-state index in [9.17, 15) is 4.79 Å². The molecule has 0 aromatic carbocycles. The zero-order valence-corrected chi connectivity index (χ0v) is 6.84. The Morgan fingerprint density at radius 3 is 2.82 bits per heavy atom. The van der Waals surface area contributed by atoms with E-state index in [2.05, 4.69) is 5.32 Å². The lowest BCUT2D eigenvalue weighted by atomic mass is 10.1. The summed E-state index contributed by atoms with van der Waals surface area (Å²) in [6.45, 7) is 2.99. The average molecular weight is 157 g/mol. The van der Waals surface area contributed by atoms with Crippen molar-refractivity contribution >= 4 is 5.97 Å². The Morgan fingerprint density at radius 2 is 2.36 bits per heavy atom. The molecule has 0 aromatic rings. The van der Waals surface area contributed by atoms with E-state index in [1.807, 2.05) is 6.92 Å². The predicted octanol–water partition coefficient (Wildman–Crippen LogP) is 0.849. The molecular weight excluding hydrogens is 142 g/mol. The molecule has 2 N–H and O–H groups in total. The van der Waals surface area contributed by atoms with Gasteiger partial charge in [-0.1, -0.05) is 6.92 Å². The molecule has 0 heterocycles. The van der Waals surface area contributed by atoms with Gasteiger partial charge in [0.1, 0.15) is 0 Å². The molecule has 0 aliphatic heterocycles. The summed E-state index contributed by atoms with van der Waals surface area (Å²) in [5.74, 6) is -0.732. The van der Waals surface area contributed by atoms with Gasteiger partial charge in [-0.2, -0.15) is 0 Å². The number of hydrogen-bond acceptors (Lipinski definition) is 2. The number of carboxylic acids is 1. The van der Waals surface area contributed by atoms with Crippen molar-refractivity contribution in [3.63, 3.8) is 0 Å². The Morgan fingerprint density at radius 1 is 1.64 bits per heavy atom. The molecule has 0 amide bonds. The third-order valence-electron chi connectivity index (χ3n) is 2.27. The first-order chi connectivity index (χ1) is 5.24. The minimum atomic E-state index is -0.634. The highest BCUT2D eigenvalue weighted by atomic mass is 16.4. The van der Waals surface area contributed by atoms with E-state index in [1.165, 1.54) is 0 Å². The van der Waals surface area contributed by atoms with E-state index >= 15 is 0 Å². The van der Waals surface area contributed by atoms with Gasteiger partial charge in [-0.15, -0.1) is 0 Å². The van der Waals surface area contributed by atoms with Gasteiger partial charge >= 0.3 is 5.97 Å². The maximum atomic E-state index is 10.5. The van der Waals surface area contributed by atoms with E-state index in [-0.39, 0.29) is 5.92 Å². The summed E-state index contributed by atoms with van der Waals surface area (Å²) in [6.07, 6.45) is 2.67. The maximum Gasteiger partial charge on any atom is 0.306 e. The molecule has 1 aliphatic carbocycles. The van der Waals surface area contributed by atoms with Gasteiger partial charge in [-0.25, -0.2) is 0 Å². The van der Waals surface area contributed by atoms with E-state index < -0.39 is 5.97 Å². The number of nitrogens with one attached hydrogen (secondary N) is 1. The molecule has 3 nitrogen and oxygen atoms in total. The van der Waals surface area contributed by atoms with Gasteiger partial charge < -0.3 is 10.4 Å². The van der Waals surface area contributed by atoms with Crippen LogP contribution in [0.25, 0.3) is 0 Å². The number of aliphatic carboxylic acids is 1. The Balaban J connectivity index is 2.29. The van der Waals surface area contributed by atoms with Gasteiger partial charge in [-0.05, 0) is 25.8 Å². The topological polar surface area (TPSA) is 49.3 Å². The Labute approximate surface area is 66.8 Å². The number of hydrogen-bond donors (Lipinski definition) is 2. The van der Waals surface area contributed by atoms with Crippen LogP contribution in [0.3, 0.4) is 0 Å². The molecule has 1 aliphatic rings. The highest BCUT2D eigenvalue weighted by Gasteiger charge is 2.28. The van der Waals surface area contributed by atoms with Gasteiger partial charge in [0.05, 0.1) is 5.92 Å². The standard InChI is InChI=1S/C8H15NO2/c1-2-9-7-4-3-6(5-7)8(10)11/h6-7,9H,2-5H2,1H3,(H,10,11)/t6-,7+/m1/s1. The lowest BCUT2D eigenvalue weighted by Gasteiger charge is -2.08. The first-order valence-corrected chi connectivity index (χ1v) is 4.20. The molecule has 0 unspecified atom stereocenters. The first-order valence-electron chi connectivity index (χ1n) is 4.20. The van der Waals surface area contributed by atoms with Crippen molar-refractivity contribution in [1.82, 2.24) is 5.32 Å². The average Bonchev–Trinajstić information content (AvgIpc) is 2.37. The van der Waals surface area contributed by atoms with Crippen molar-refractivity contribution in [3.8, 4) is 0 Å². The van der Waals surface area contributed by atoms with Crippen LogP contribution in [0.1, 0.15) is 26.2 Å². The van der Waals surface area contributed by atoms with Gasteiger partial charge in [0.2, 0.25) is 0 Å².